The van der Waals surface area contributed by atoms with Crippen LogP contribution < -0.4 is 0 Å². The van der Waals surface area contributed by atoms with E-state index in [0.29, 0.717) is 61.2 Å². The van der Waals surface area contributed by atoms with E-state index in [1.54, 1.807) is 34.9 Å². The van der Waals surface area contributed by atoms with Crippen LogP contribution in [-0.2, 0) is 25.3 Å². The van der Waals surface area contributed by atoms with Gasteiger partial charge in [0.2, 0.25) is 15.9 Å². The topological polar surface area (TPSA) is 87.2 Å². The number of amides is 2. The first-order valence-electron chi connectivity index (χ1n) is 10.3. The molecule has 2 aliphatic rings. The van der Waals surface area contributed by atoms with E-state index in [4.69, 9.17) is 27.9 Å². The fourth-order valence-corrected chi connectivity index (χ4v) is 6.22. The van der Waals surface area contributed by atoms with Gasteiger partial charge in [0.25, 0.3) is 0 Å². The Morgan fingerprint density at radius 2 is 1.55 bits per heavy atom. The van der Waals surface area contributed by atoms with Crippen LogP contribution in [0.4, 0.5) is 4.79 Å². The lowest BCUT2D eigenvalue weighted by molar-refractivity contribution is -0.138. The number of sulfonamides is 1. The van der Waals surface area contributed by atoms with E-state index in [9.17, 15) is 18.0 Å². The number of piperidine rings is 1. The molecular weight excluding hydrogens is 465 g/mol. The number of hydrogen-bond donors (Lipinski definition) is 0. The Hall–Kier alpha value is -1.55. The van der Waals surface area contributed by atoms with Gasteiger partial charge in [-0.15, -0.1) is 0 Å². The first kappa shape index (κ1) is 24.1. The van der Waals surface area contributed by atoms with Crippen LogP contribution in [0.2, 0.25) is 10.0 Å². The highest BCUT2D eigenvalue weighted by Gasteiger charge is 2.35. The summed E-state index contributed by atoms with van der Waals surface area (Å²) in [6.07, 6.45) is 0.575. The lowest BCUT2D eigenvalue weighted by Gasteiger charge is -2.38. The van der Waals surface area contributed by atoms with Gasteiger partial charge < -0.3 is 14.5 Å². The molecule has 3 rings (SSSR count). The molecule has 1 aromatic carbocycles. The van der Waals surface area contributed by atoms with Crippen molar-refractivity contribution in [3.8, 4) is 0 Å². The maximum atomic E-state index is 12.9. The molecule has 0 bridgehead atoms. The minimum absolute atomic E-state index is 0.0229. The zero-order chi connectivity index (χ0) is 22.6. The third-order valence-electron chi connectivity index (χ3n) is 5.70. The number of piperazine rings is 1. The average Bonchev–Trinajstić information content (AvgIpc) is 2.76. The maximum absolute atomic E-state index is 12.9. The Balaban J connectivity index is 1.52. The minimum atomic E-state index is -3.60. The third-order valence-corrected chi connectivity index (χ3v) is 8.22. The lowest BCUT2D eigenvalue weighted by Crippen LogP contribution is -2.53. The molecule has 0 saturated carbocycles. The second-order valence-electron chi connectivity index (χ2n) is 7.64. The molecule has 0 spiro atoms. The van der Waals surface area contributed by atoms with Crippen molar-refractivity contribution >= 4 is 45.2 Å². The van der Waals surface area contributed by atoms with E-state index in [2.05, 4.69) is 0 Å². The third kappa shape index (κ3) is 5.83. The van der Waals surface area contributed by atoms with E-state index in [0.717, 1.165) is 0 Å². The summed E-state index contributed by atoms with van der Waals surface area (Å²) in [4.78, 5) is 28.0. The molecule has 0 atom stereocenters. The predicted molar refractivity (Wildman–Crippen MR) is 119 cm³/mol. The fraction of sp³-hybridized carbons (Fsp3) is 0.600. The zero-order valence-electron chi connectivity index (χ0n) is 17.4. The Morgan fingerprint density at radius 3 is 2.10 bits per heavy atom. The van der Waals surface area contributed by atoms with Gasteiger partial charge in [0.05, 0.1) is 12.4 Å². The summed E-state index contributed by atoms with van der Waals surface area (Å²) in [7, 11) is -3.60. The summed E-state index contributed by atoms with van der Waals surface area (Å²) in [5.41, 5.74) is 0.392. The molecule has 2 heterocycles. The molecular formula is C20H27Cl2N3O5S. The molecule has 2 fully saturated rings. The van der Waals surface area contributed by atoms with Gasteiger partial charge in [-0.3, -0.25) is 4.79 Å². The van der Waals surface area contributed by atoms with Gasteiger partial charge >= 0.3 is 6.09 Å². The molecule has 0 aromatic heterocycles. The summed E-state index contributed by atoms with van der Waals surface area (Å²) < 4.78 is 32.1. The summed E-state index contributed by atoms with van der Waals surface area (Å²) in [6, 6.07) is 4.90. The largest absolute Gasteiger partial charge is 0.450 e. The first-order chi connectivity index (χ1) is 14.7. The van der Waals surface area contributed by atoms with Crippen molar-refractivity contribution in [2.45, 2.75) is 25.5 Å². The van der Waals surface area contributed by atoms with E-state index in [1.165, 1.54) is 4.31 Å². The van der Waals surface area contributed by atoms with Crippen molar-refractivity contribution in [3.63, 3.8) is 0 Å². The number of carbonyl (C=O) groups is 2. The molecule has 8 nitrogen and oxygen atoms in total. The molecule has 1 aromatic rings. The summed E-state index contributed by atoms with van der Waals surface area (Å²) in [5, 5.41) is 0.645. The van der Waals surface area contributed by atoms with Gasteiger partial charge in [0, 0.05) is 60.8 Å². The highest BCUT2D eigenvalue weighted by Crippen LogP contribution is 2.29. The molecule has 11 heteroatoms. The van der Waals surface area contributed by atoms with Gasteiger partial charge in [0.15, 0.2) is 0 Å². The van der Waals surface area contributed by atoms with Gasteiger partial charge in [-0.25, -0.2) is 17.5 Å². The van der Waals surface area contributed by atoms with Crippen molar-refractivity contribution in [2.75, 3.05) is 45.9 Å². The van der Waals surface area contributed by atoms with Gasteiger partial charge in [-0.2, -0.15) is 0 Å². The molecule has 0 N–H and O–H groups in total. The first-order valence-corrected chi connectivity index (χ1v) is 12.7. The van der Waals surface area contributed by atoms with Crippen LogP contribution >= 0.6 is 23.2 Å². The Kier molecular flexibility index (Phi) is 8.07. The van der Waals surface area contributed by atoms with Crippen molar-refractivity contribution < 1.29 is 22.7 Å². The van der Waals surface area contributed by atoms with Gasteiger partial charge in [0.1, 0.15) is 0 Å². The summed E-state index contributed by atoms with van der Waals surface area (Å²) >= 11 is 12.2. The van der Waals surface area contributed by atoms with Crippen LogP contribution in [-0.4, -0.2) is 80.4 Å². The van der Waals surface area contributed by atoms with Crippen molar-refractivity contribution in [1.29, 1.82) is 0 Å². The van der Waals surface area contributed by atoms with Crippen LogP contribution in [0.25, 0.3) is 0 Å². The molecule has 2 saturated heterocycles. The normalized spacial score (nSPS) is 18.8. The average molecular weight is 492 g/mol. The van der Waals surface area contributed by atoms with E-state index in [1.807, 2.05) is 0 Å². The monoisotopic (exact) mass is 491 g/mol. The summed E-state index contributed by atoms with van der Waals surface area (Å²) in [5.74, 6) is -0.459. The second kappa shape index (κ2) is 10.4. The highest BCUT2D eigenvalue weighted by molar-refractivity contribution is 7.88. The SMILES string of the molecule is CCOC(=O)N1CCN(C(=O)C2CCN(S(=O)(=O)Cc3c(Cl)cccc3Cl)CC2)CC1. The summed E-state index contributed by atoms with van der Waals surface area (Å²) in [6.45, 7) is 4.44. The lowest BCUT2D eigenvalue weighted by atomic mass is 9.96. The minimum Gasteiger partial charge on any atom is -0.450 e. The van der Waals surface area contributed by atoms with Crippen molar-refractivity contribution in [1.82, 2.24) is 14.1 Å². The standard InChI is InChI=1S/C20H27Cl2N3O5S/c1-2-30-20(27)24-12-10-23(11-13-24)19(26)15-6-8-25(9-7-15)31(28,29)14-16-17(21)4-3-5-18(16)22/h3-5,15H,2,6-14H2,1H3. The molecule has 0 radical (unpaired) electrons. The Labute approximate surface area is 193 Å². The number of hydrogen-bond acceptors (Lipinski definition) is 5. The van der Waals surface area contributed by atoms with Gasteiger partial charge in [-0.05, 0) is 31.9 Å². The number of rotatable bonds is 5. The molecule has 172 valence electrons. The Morgan fingerprint density at radius 1 is 1.00 bits per heavy atom. The number of halogens is 2. The number of carbonyl (C=O) groups excluding carboxylic acids is 2. The quantitative estimate of drug-likeness (QED) is 0.631. The van der Waals surface area contributed by atoms with E-state index in [-0.39, 0.29) is 36.8 Å². The van der Waals surface area contributed by atoms with Crippen LogP contribution in [0, 0.1) is 5.92 Å². The zero-order valence-corrected chi connectivity index (χ0v) is 19.8. The number of benzene rings is 1. The molecule has 0 unspecified atom stereocenters. The molecule has 31 heavy (non-hydrogen) atoms. The van der Waals surface area contributed by atoms with Gasteiger partial charge in [-0.1, -0.05) is 29.3 Å². The molecule has 2 aliphatic heterocycles. The predicted octanol–water partition coefficient (Wildman–Crippen LogP) is 2.84. The Bertz CT molecular complexity index is 891. The number of nitrogens with zero attached hydrogens (tertiary/aromatic N) is 3. The van der Waals surface area contributed by atoms with E-state index < -0.39 is 10.0 Å². The highest BCUT2D eigenvalue weighted by atomic mass is 35.5. The fourth-order valence-electron chi connectivity index (χ4n) is 3.91. The molecule has 0 aliphatic carbocycles. The second-order valence-corrected chi connectivity index (χ2v) is 10.4. The van der Waals surface area contributed by atoms with Crippen molar-refractivity contribution in [2.24, 2.45) is 5.92 Å². The van der Waals surface area contributed by atoms with E-state index >= 15 is 0 Å². The van der Waals surface area contributed by atoms with Crippen LogP contribution in [0.15, 0.2) is 18.2 Å². The van der Waals surface area contributed by atoms with Crippen LogP contribution in [0.3, 0.4) is 0 Å². The smallest absolute Gasteiger partial charge is 0.409 e. The van der Waals surface area contributed by atoms with Crippen LogP contribution in [0.5, 0.6) is 0 Å². The maximum Gasteiger partial charge on any atom is 0.409 e. The number of ether oxygens (including phenoxy) is 1. The van der Waals surface area contributed by atoms with Crippen LogP contribution in [0.1, 0.15) is 25.3 Å². The molecule has 2 amide bonds. The van der Waals surface area contributed by atoms with Crippen molar-refractivity contribution in [3.05, 3.63) is 33.8 Å².